The van der Waals surface area contributed by atoms with Crippen LogP contribution in [0.5, 0.6) is 5.75 Å². The number of hydrogen-bond acceptors (Lipinski definition) is 6. The molecule has 0 atom stereocenters. The third kappa shape index (κ3) is 6.73. The van der Waals surface area contributed by atoms with Crippen molar-refractivity contribution in [3.63, 3.8) is 0 Å². The number of hydrogen-bond donors (Lipinski definition) is 1. The van der Waals surface area contributed by atoms with Crippen LogP contribution in [-0.4, -0.2) is 26.4 Å². The maximum absolute atomic E-state index is 12.5. The zero-order chi connectivity index (χ0) is 23.6. The van der Waals surface area contributed by atoms with Crippen LogP contribution in [0.25, 0.3) is 0 Å². The molecule has 172 valence electrons. The van der Waals surface area contributed by atoms with E-state index in [0.29, 0.717) is 33.9 Å². The number of thioether (sulfide) groups is 1. The van der Waals surface area contributed by atoms with Crippen molar-refractivity contribution >= 4 is 35.0 Å². The number of ether oxygens (including phenoxy) is 1. The first-order valence-corrected chi connectivity index (χ1v) is 12.1. The number of carbonyl (C=O) groups is 1. The number of rotatable bonds is 11. The van der Waals surface area contributed by atoms with Gasteiger partial charge in [0.05, 0.1) is 23.3 Å². The molecule has 0 unspecified atom stereocenters. The van der Waals surface area contributed by atoms with Crippen LogP contribution in [0.4, 0.5) is 5.69 Å². The predicted octanol–water partition coefficient (Wildman–Crippen LogP) is 5.67. The molecule has 33 heavy (non-hydrogen) atoms. The molecule has 0 saturated carbocycles. The van der Waals surface area contributed by atoms with Gasteiger partial charge in [0.25, 0.3) is 0 Å². The largest absolute Gasteiger partial charge is 0.484 e. The van der Waals surface area contributed by atoms with Crippen LogP contribution in [0.1, 0.15) is 44.1 Å². The fourth-order valence-corrected chi connectivity index (χ4v) is 4.37. The van der Waals surface area contributed by atoms with Gasteiger partial charge in [0.15, 0.2) is 11.0 Å². The Labute approximate surface area is 203 Å². The Morgan fingerprint density at radius 2 is 1.91 bits per heavy atom. The Kier molecular flexibility index (Phi) is 9.16. The van der Waals surface area contributed by atoms with Crippen molar-refractivity contribution in [2.75, 3.05) is 11.1 Å². The van der Waals surface area contributed by atoms with Crippen molar-refractivity contribution in [2.45, 2.75) is 50.9 Å². The van der Waals surface area contributed by atoms with Crippen molar-refractivity contribution in [1.82, 2.24) is 14.8 Å². The van der Waals surface area contributed by atoms with Crippen molar-refractivity contribution in [3.8, 4) is 11.8 Å². The lowest BCUT2D eigenvalue weighted by molar-refractivity contribution is -0.113. The number of carbonyl (C=O) groups excluding carboxylic acids is 1. The number of anilines is 1. The van der Waals surface area contributed by atoms with Crippen LogP contribution in [0, 0.1) is 11.3 Å². The standard InChI is InChI=1S/C24H26ClN5O2S/c1-3-19(4-2)30-22(15-32-21-8-6-5-7-20(21)25)28-29-24(30)33-16-23(31)27-18-11-9-17(10-12-18)13-14-26/h5-12,19H,3-4,13,15-16H2,1-2H3,(H,27,31). The van der Waals surface area contributed by atoms with Crippen LogP contribution < -0.4 is 10.1 Å². The second-order valence-electron chi connectivity index (χ2n) is 7.33. The molecule has 0 radical (unpaired) electrons. The topological polar surface area (TPSA) is 92.8 Å². The number of halogens is 1. The smallest absolute Gasteiger partial charge is 0.234 e. The van der Waals surface area contributed by atoms with Gasteiger partial charge < -0.3 is 14.6 Å². The molecule has 1 amide bonds. The Balaban J connectivity index is 1.67. The summed E-state index contributed by atoms with van der Waals surface area (Å²) >= 11 is 7.54. The summed E-state index contributed by atoms with van der Waals surface area (Å²) in [6.07, 6.45) is 2.16. The molecule has 0 spiro atoms. The molecular weight excluding hydrogens is 458 g/mol. The summed E-state index contributed by atoms with van der Waals surface area (Å²) in [6, 6.07) is 16.9. The monoisotopic (exact) mass is 483 g/mol. The van der Waals surface area contributed by atoms with Gasteiger partial charge in [0.2, 0.25) is 5.91 Å². The summed E-state index contributed by atoms with van der Waals surface area (Å²) in [5.41, 5.74) is 1.60. The maximum atomic E-state index is 12.5. The lowest BCUT2D eigenvalue weighted by Crippen LogP contribution is -2.17. The Morgan fingerprint density at radius 1 is 1.18 bits per heavy atom. The van der Waals surface area contributed by atoms with E-state index in [1.807, 2.05) is 30.3 Å². The normalized spacial score (nSPS) is 10.8. The molecule has 9 heteroatoms. The second-order valence-corrected chi connectivity index (χ2v) is 8.68. The van der Waals surface area contributed by atoms with E-state index in [0.717, 1.165) is 18.4 Å². The van der Waals surface area contributed by atoms with Gasteiger partial charge in [-0.3, -0.25) is 4.79 Å². The average Bonchev–Trinajstić information content (AvgIpc) is 3.22. The molecule has 0 aliphatic carbocycles. The van der Waals surface area contributed by atoms with E-state index in [9.17, 15) is 4.79 Å². The third-order valence-corrected chi connectivity index (χ3v) is 6.34. The molecule has 1 N–H and O–H groups in total. The summed E-state index contributed by atoms with van der Waals surface area (Å²) < 4.78 is 7.94. The minimum atomic E-state index is -0.138. The fourth-order valence-electron chi connectivity index (χ4n) is 3.35. The highest BCUT2D eigenvalue weighted by atomic mass is 35.5. The number of benzene rings is 2. The summed E-state index contributed by atoms with van der Waals surface area (Å²) in [6.45, 7) is 4.46. The highest BCUT2D eigenvalue weighted by Crippen LogP contribution is 2.28. The van der Waals surface area contributed by atoms with Gasteiger partial charge in [-0.1, -0.05) is 61.5 Å². The SMILES string of the molecule is CCC(CC)n1c(COc2ccccc2Cl)nnc1SCC(=O)Nc1ccc(CC#N)cc1. The molecule has 0 fully saturated rings. The number of nitriles is 1. The summed E-state index contributed by atoms with van der Waals surface area (Å²) in [7, 11) is 0. The Morgan fingerprint density at radius 3 is 2.58 bits per heavy atom. The van der Waals surface area contributed by atoms with Gasteiger partial charge in [0.1, 0.15) is 12.4 Å². The zero-order valence-electron chi connectivity index (χ0n) is 18.6. The van der Waals surface area contributed by atoms with E-state index in [1.54, 1.807) is 18.2 Å². The minimum Gasteiger partial charge on any atom is -0.484 e. The van der Waals surface area contributed by atoms with Crippen LogP contribution in [-0.2, 0) is 17.8 Å². The molecule has 0 bridgehead atoms. The summed E-state index contributed by atoms with van der Waals surface area (Å²) in [4.78, 5) is 12.5. The third-order valence-electron chi connectivity index (χ3n) is 5.09. The van der Waals surface area contributed by atoms with Crippen LogP contribution in [0.15, 0.2) is 53.7 Å². The fraction of sp³-hybridized carbons (Fsp3) is 0.333. The van der Waals surface area contributed by atoms with Gasteiger partial charge in [-0.15, -0.1) is 10.2 Å². The number of nitrogens with zero attached hydrogens (tertiary/aromatic N) is 4. The Bertz CT molecular complexity index is 1110. The first kappa shape index (κ1) is 24.6. The average molecular weight is 484 g/mol. The van der Waals surface area contributed by atoms with Crippen molar-refractivity contribution in [1.29, 1.82) is 5.26 Å². The number of amides is 1. The van der Waals surface area contributed by atoms with Crippen LogP contribution in [0.3, 0.4) is 0 Å². The summed E-state index contributed by atoms with van der Waals surface area (Å²) in [5, 5.41) is 21.5. The molecule has 3 rings (SSSR count). The van der Waals surface area contributed by atoms with E-state index in [2.05, 4.69) is 40.0 Å². The van der Waals surface area contributed by atoms with E-state index in [4.69, 9.17) is 21.6 Å². The molecule has 1 heterocycles. The lowest BCUT2D eigenvalue weighted by Gasteiger charge is -2.19. The van der Waals surface area contributed by atoms with E-state index < -0.39 is 0 Å². The zero-order valence-corrected chi connectivity index (χ0v) is 20.2. The Hall–Kier alpha value is -3.02. The first-order chi connectivity index (χ1) is 16.0. The van der Waals surface area contributed by atoms with E-state index in [-0.39, 0.29) is 24.3 Å². The summed E-state index contributed by atoms with van der Waals surface area (Å²) in [5.74, 6) is 1.34. The molecule has 0 aliphatic rings. The lowest BCUT2D eigenvalue weighted by atomic mass is 10.1. The predicted molar refractivity (Wildman–Crippen MR) is 131 cm³/mol. The molecular formula is C24H26ClN5O2S. The highest BCUT2D eigenvalue weighted by Gasteiger charge is 2.20. The van der Waals surface area contributed by atoms with Gasteiger partial charge in [-0.2, -0.15) is 5.26 Å². The van der Waals surface area contributed by atoms with E-state index in [1.165, 1.54) is 11.8 Å². The minimum absolute atomic E-state index is 0.138. The van der Waals surface area contributed by atoms with Crippen molar-refractivity contribution < 1.29 is 9.53 Å². The molecule has 2 aromatic carbocycles. The number of nitrogens with one attached hydrogen (secondary N) is 1. The molecule has 3 aromatic rings. The highest BCUT2D eigenvalue weighted by molar-refractivity contribution is 7.99. The van der Waals surface area contributed by atoms with Crippen LogP contribution >= 0.6 is 23.4 Å². The van der Waals surface area contributed by atoms with Crippen LogP contribution in [0.2, 0.25) is 5.02 Å². The number of aromatic nitrogens is 3. The molecule has 1 aromatic heterocycles. The molecule has 0 aliphatic heterocycles. The quantitative estimate of drug-likeness (QED) is 0.353. The van der Waals surface area contributed by atoms with Gasteiger partial charge >= 0.3 is 0 Å². The van der Waals surface area contributed by atoms with Gasteiger partial charge in [-0.05, 0) is 42.7 Å². The molecule has 7 nitrogen and oxygen atoms in total. The van der Waals surface area contributed by atoms with Gasteiger partial charge in [0, 0.05) is 11.7 Å². The van der Waals surface area contributed by atoms with E-state index >= 15 is 0 Å². The van der Waals surface area contributed by atoms with Gasteiger partial charge in [-0.25, -0.2) is 0 Å². The first-order valence-electron chi connectivity index (χ1n) is 10.7. The van der Waals surface area contributed by atoms with Crippen molar-refractivity contribution in [2.24, 2.45) is 0 Å². The molecule has 0 saturated heterocycles. The maximum Gasteiger partial charge on any atom is 0.234 e. The number of para-hydroxylation sites is 1. The second kappa shape index (κ2) is 12.3. The van der Waals surface area contributed by atoms with Crippen molar-refractivity contribution in [3.05, 3.63) is 64.9 Å².